The molecule has 0 saturated heterocycles. The SMILES string of the molecule is Cc1cc(Nc2cc(C)[nH]n2)nc(C#N)n1. The summed E-state index contributed by atoms with van der Waals surface area (Å²) in [6.07, 6.45) is 0. The van der Waals surface area contributed by atoms with Gasteiger partial charge in [-0.1, -0.05) is 0 Å². The van der Waals surface area contributed by atoms with E-state index in [1.807, 2.05) is 26.0 Å². The second-order valence-electron chi connectivity index (χ2n) is 3.39. The van der Waals surface area contributed by atoms with E-state index in [2.05, 4.69) is 25.5 Å². The van der Waals surface area contributed by atoms with Gasteiger partial charge in [0.05, 0.1) is 0 Å². The van der Waals surface area contributed by atoms with E-state index in [0.717, 1.165) is 11.4 Å². The number of hydrogen-bond acceptors (Lipinski definition) is 5. The molecule has 2 N–H and O–H groups in total. The first-order chi connectivity index (χ1) is 7.67. The van der Waals surface area contributed by atoms with Crippen LogP contribution in [0, 0.1) is 25.2 Å². The lowest BCUT2D eigenvalue weighted by Crippen LogP contribution is -1.99. The van der Waals surface area contributed by atoms with E-state index in [4.69, 9.17) is 5.26 Å². The lowest BCUT2D eigenvalue weighted by Gasteiger charge is -2.02. The molecule has 0 aliphatic rings. The average Bonchev–Trinajstić information content (AvgIpc) is 2.63. The monoisotopic (exact) mass is 214 g/mol. The Hall–Kier alpha value is -2.42. The number of anilines is 2. The van der Waals surface area contributed by atoms with Gasteiger partial charge in [-0.2, -0.15) is 10.4 Å². The number of hydrogen-bond donors (Lipinski definition) is 2. The molecule has 6 nitrogen and oxygen atoms in total. The maximum atomic E-state index is 8.73. The van der Waals surface area contributed by atoms with Crippen LogP contribution in [0.1, 0.15) is 17.2 Å². The van der Waals surface area contributed by atoms with Gasteiger partial charge in [-0.25, -0.2) is 9.97 Å². The molecule has 0 spiro atoms. The Bertz CT molecular complexity index is 551. The Balaban J connectivity index is 2.28. The molecule has 0 atom stereocenters. The van der Waals surface area contributed by atoms with Crippen molar-refractivity contribution in [2.75, 3.05) is 5.32 Å². The predicted molar refractivity (Wildman–Crippen MR) is 58.1 cm³/mol. The normalized spacial score (nSPS) is 9.81. The van der Waals surface area contributed by atoms with E-state index >= 15 is 0 Å². The number of rotatable bonds is 2. The molecule has 0 radical (unpaired) electrons. The Morgan fingerprint density at radius 1 is 1.25 bits per heavy atom. The number of nitrogens with zero attached hydrogens (tertiary/aromatic N) is 4. The summed E-state index contributed by atoms with van der Waals surface area (Å²) >= 11 is 0. The second-order valence-corrected chi connectivity index (χ2v) is 3.39. The van der Waals surface area contributed by atoms with Crippen LogP contribution in [0.4, 0.5) is 11.6 Å². The van der Waals surface area contributed by atoms with Crippen molar-refractivity contribution in [3.05, 3.63) is 29.3 Å². The summed E-state index contributed by atoms with van der Waals surface area (Å²) in [7, 11) is 0. The molecule has 0 fully saturated rings. The molecule has 2 aromatic rings. The molecule has 80 valence electrons. The highest BCUT2D eigenvalue weighted by atomic mass is 15.2. The van der Waals surface area contributed by atoms with Crippen LogP contribution in [-0.4, -0.2) is 20.2 Å². The molecular weight excluding hydrogens is 204 g/mol. The van der Waals surface area contributed by atoms with Crippen molar-refractivity contribution in [1.82, 2.24) is 20.2 Å². The van der Waals surface area contributed by atoms with Gasteiger partial charge in [0.2, 0.25) is 5.82 Å². The molecule has 2 rings (SSSR count). The fourth-order valence-corrected chi connectivity index (χ4v) is 1.30. The lowest BCUT2D eigenvalue weighted by molar-refractivity contribution is 1.04. The first kappa shape index (κ1) is 10.1. The largest absolute Gasteiger partial charge is 0.323 e. The topological polar surface area (TPSA) is 90.3 Å². The van der Waals surface area contributed by atoms with Crippen LogP contribution in [0.5, 0.6) is 0 Å². The Kier molecular flexibility index (Phi) is 2.52. The molecule has 2 aromatic heterocycles. The van der Waals surface area contributed by atoms with Crippen molar-refractivity contribution in [2.45, 2.75) is 13.8 Å². The molecule has 0 amide bonds. The quantitative estimate of drug-likeness (QED) is 0.789. The van der Waals surface area contributed by atoms with Crippen molar-refractivity contribution in [2.24, 2.45) is 0 Å². The van der Waals surface area contributed by atoms with Crippen LogP contribution in [-0.2, 0) is 0 Å². The van der Waals surface area contributed by atoms with Crippen LogP contribution < -0.4 is 5.32 Å². The summed E-state index contributed by atoms with van der Waals surface area (Å²) in [4.78, 5) is 7.98. The molecule has 0 bridgehead atoms. The van der Waals surface area contributed by atoms with Crippen LogP contribution in [0.2, 0.25) is 0 Å². The number of aromatic amines is 1. The van der Waals surface area contributed by atoms with Crippen LogP contribution in [0.3, 0.4) is 0 Å². The standard InChI is InChI=1S/C10H10N6/c1-6-3-8(14-10(5-11)12-6)13-9-4-7(2)15-16-9/h3-4H,1-2H3,(H2,12,13,14,15,16). The van der Waals surface area contributed by atoms with Gasteiger partial charge in [0.25, 0.3) is 0 Å². The number of H-pyrrole nitrogens is 1. The predicted octanol–water partition coefficient (Wildman–Crippen LogP) is 1.43. The molecule has 0 aromatic carbocycles. The minimum atomic E-state index is 0.148. The van der Waals surface area contributed by atoms with Crippen molar-refractivity contribution in [3.63, 3.8) is 0 Å². The highest BCUT2D eigenvalue weighted by molar-refractivity contribution is 5.52. The fraction of sp³-hybridized carbons (Fsp3) is 0.200. The summed E-state index contributed by atoms with van der Waals surface area (Å²) in [6.45, 7) is 3.72. The Labute approximate surface area is 92.4 Å². The van der Waals surface area contributed by atoms with E-state index < -0.39 is 0 Å². The molecule has 0 aliphatic heterocycles. The lowest BCUT2D eigenvalue weighted by atomic mass is 10.4. The first-order valence-corrected chi connectivity index (χ1v) is 4.72. The van der Waals surface area contributed by atoms with Gasteiger partial charge in [-0.3, -0.25) is 5.10 Å². The summed E-state index contributed by atoms with van der Waals surface area (Å²) in [5.41, 5.74) is 1.69. The molecule has 0 saturated carbocycles. The van der Waals surface area contributed by atoms with Crippen molar-refractivity contribution in [3.8, 4) is 6.07 Å². The molecule has 2 heterocycles. The summed E-state index contributed by atoms with van der Waals surface area (Å²) < 4.78 is 0. The molecule has 16 heavy (non-hydrogen) atoms. The van der Waals surface area contributed by atoms with Gasteiger partial charge >= 0.3 is 0 Å². The highest BCUT2D eigenvalue weighted by Crippen LogP contribution is 2.13. The number of aromatic nitrogens is 4. The molecular formula is C10H10N6. The van der Waals surface area contributed by atoms with Gasteiger partial charge in [-0.15, -0.1) is 0 Å². The maximum Gasteiger partial charge on any atom is 0.234 e. The zero-order valence-corrected chi connectivity index (χ0v) is 8.94. The summed E-state index contributed by atoms with van der Waals surface area (Å²) in [5, 5.41) is 18.6. The smallest absolute Gasteiger partial charge is 0.234 e. The zero-order chi connectivity index (χ0) is 11.5. The summed E-state index contributed by atoms with van der Waals surface area (Å²) in [5.74, 6) is 1.38. The summed E-state index contributed by atoms with van der Waals surface area (Å²) in [6, 6.07) is 5.51. The van der Waals surface area contributed by atoms with Gasteiger partial charge in [0, 0.05) is 23.5 Å². The average molecular weight is 214 g/mol. The van der Waals surface area contributed by atoms with Gasteiger partial charge < -0.3 is 5.32 Å². The first-order valence-electron chi connectivity index (χ1n) is 4.72. The number of nitriles is 1. The van der Waals surface area contributed by atoms with Gasteiger partial charge in [-0.05, 0) is 13.8 Å². The Morgan fingerprint density at radius 2 is 2.06 bits per heavy atom. The third-order valence-electron chi connectivity index (χ3n) is 1.92. The number of aryl methyl sites for hydroxylation is 2. The van der Waals surface area contributed by atoms with E-state index in [9.17, 15) is 0 Å². The minimum absolute atomic E-state index is 0.148. The Morgan fingerprint density at radius 3 is 2.69 bits per heavy atom. The third-order valence-corrected chi connectivity index (χ3v) is 1.92. The van der Waals surface area contributed by atoms with Crippen molar-refractivity contribution >= 4 is 11.6 Å². The molecule has 0 unspecified atom stereocenters. The fourth-order valence-electron chi connectivity index (χ4n) is 1.30. The van der Waals surface area contributed by atoms with Crippen LogP contribution in [0.15, 0.2) is 12.1 Å². The van der Waals surface area contributed by atoms with Gasteiger partial charge in [0.15, 0.2) is 5.82 Å². The van der Waals surface area contributed by atoms with E-state index in [-0.39, 0.29) is 5.82 Å². The zero-order valence-electron chi connectivity index (χ0n) is 8.94. The number of nitrogens with one attached hydrogen (secondary N) is 2. The van der Waals surface area contributed by atoms with Crippen molar-refractivity contribution < 1.29 is 0 Å². The van der Waals surface area contributed by atoms with E-state index in [1.54, 1.807) is 6.07 Å². The van der Waals surface area contributed by atoms with Crippen molar-refractivity contribution in [1.29, 1.82) is 5.26 Å². The van der Waals surface area contributed by atoms with Crippen LogP contribution in [0.25, 0.3) is 0 Å². The highest BCUT2D eigenvalue weighted by Gasteiger charge is 2.03. The molecule has 6 heteroatoms. The van der Waals surface area contributed by atoms with E-state index in [1.165, 1.54) is 0 Å². The van der Waals surface area contributed by atoms with Crippen LogP contribution >= 0.6 is 0 Å². The third kappa shape index (κ3) is 2.15. The minimum Gasteiger partial charge on any atom is -0.323 e. The van der Waals surface area contributed by atoms with Gasteiger partial charge in [0.1, 0.15) is 11.9 Å². The molecule has 0 aliphatic carbocycles. The van der Waals surface area contributed by atoms with E-state index in [0.29, 0.717) is 11.6 Å². The maximum absolute atomic E-state index is 8.73. The second kappa shape index (κ2) is 3.98.